The second-order valence-electron chi connectivity index (χ2n) is 4.04. The molecular formula is C13H13NO4. The number of carbonyl (C=O) groups is 1. The summed E-state index contributed by atoms with van der Waals surface area (Å²) in [6.07, 6.45) is 0. The summed E-state index contributed by atoms with van der Waals surface area (Å²) in [5.74, 6) is 0.0118. The van der Waals surface area contributed by atoms with Gasteiger partial charge < -0.3 is 14.4 Å². The number of aryl methyl sites for hydroxylation is 2. The van der Waals surface area contributed by atoms with Gasteiger partial charge in [-0.25, -0.2) is 4.79 Å². The Bertz CT molecular complexity index is 574. The quantitative estimate of drug-likeness (QED) is 0.898. The lowest BCUT2D eigenvalue weighted by molar-refractivity contribution is 0.0685. The van der Waals surface area contributed by atoms with Crippen LogP contribution < -0.4 is 4.74 Å². The van der Waals surface area contributed by atoms with Gasteiger partial charge in [0.25, 0.3) is 0 Å². The number of aromatic carboxylic acids is 1. The lowest BCUT2D eigenvalue weighted by Crippen LogP contribution is -1.97. The Labute approximate surface area is 104 Å². The van der Waals surface area contributed by atoms with Gasteiger partial charge in [-0.15, -0.1) is 0 Å². The van der Waals surface area contributed by atoms with E-state index in [1.54, 1.807) is 0 Å². The third-order valence-corrected chi connectivity index (χ3v) is 2.48. The first-order chi connectivity index (χ1) is 8.56. The van der Waals surface area contributed by atoms with Crippen molar-refractivity contribution in [1.82, 2.24) is 5.16 Å². The fraction of sp³-hybridized carbons (Fsp3) is 0.231. The Morgan fingerprint density at radius 3 is 2.78 bits per heavy atom. The summed E-state index contributed by atoms with van der Waals surface area (Å²) in [5, 5.41) is 12.1. The highest BCUT2D eigenvalue weighted by Gasteiger charge is 2.11. The van der Waals surface area contributed by atoms with Gasteiger partial charge in [-0.05, 0) is 25.5 Å². The summed E-state index contributed by atoms with van der Waals surface area (Å²) < 4.78 is 10.4. The smallest absolute Gasteiger partial charge is 0.358 e. The maximum absolute atomic E-state index is 10.6. The number of aromatic nitrogens is 1. The van der Waals surface area contributed by atoms with Crippen molar-refractivity contribution in [1.29, 1.82) is 0 Å². The van der Waals surface area contributed by atoms with Gasteiger partial charge in [-0.2, -0.15) is 0 Å². The van der Waals surface area contributed by atoms with Crippen LogP contribution in [-0.4, -0.2) is 16.2 Å². The zero-order valence-corrected chi connectivity index (χ0v) is 10.1. The minimum atomic E-state index is -1.11. The molecule has 0 aliphatic rings. The molecule has 0 bridgehead atoms. The topological polar surface area (TPSA) is 72.6 Å². The Morgan fingerprint density at radius 1 is 1.39 bits per heavy atom. The summed E-state index contributed by atoms with van der Waals surface area (Å²) >= 11 is 0. The standard InChI is InChI=1S/C13H13NO4/c1-8-3-4-12(9(2)5-8)17-7-10-6-11(13(15)16)14-18-10/h3-6H,7H2,1-2H3,(H,15,16). The Hall–Kier alpha value is -2.30. The van der Waals surface area contributed by atoms with Crippen LogP contribution in [0.3, 0.4) is 0 Å². The monoisotopic (exact) mass is 247 g/mol. The lowest BCUT2D eigenvalue weighted by Gasteiger charge is -2.07. The molecule has 1 N–H and O–H groups in total. The summed E-state index contributed by atoms with van der Waals surface area (Å²) in [6.45, 7) is 4.11. The Kier molecular flexibility index (Phi) is 3.32. The van der Waals surface area contributed by atoms with Gasteiger partial charge in [0.2, 0.25) is 0 Å². The predicted octanol–water partition coefficient (Wildman–Crippen LogP) is 2.57. The largest absolute Gasteiger partial charge is 0.485 e. The highest BCUT2D eigenvalue weighted by molar-refractivity contribution is 5.85. The zero-order valence-electron chi connectivity index (χ0n) is 10.1. The minimum Gasteiger partial charge on any atom is -0.485 e. The maximum Gasteiger partial charge on any atom is 0.358 e. The van der Waals surface area contributed by atoms with Crippen molar-refractivity contribution < 1.29 is 19.2 Å². The van der Waals surface area contributed by atoms with E-state index >= 15 is 0 Å². The summed E-state index contributed by atoms with van der Waals surface area (Å²) in [6, 6.07) is 7.19. The number of carboxylic acid groups (broad SMARTS) is 1. The van der Waals surface area contributed by atoms with Gasteiger partial charge in [0.1, 0.15) is 12.4 Å². The van der Waals surface area contributed by atoms with Crippen LogP contribution in [0.1, 0.15) is 27.4 Å². The third-order valence-electron chi connectivity index (χ3n) is 2.48. The zero-order chi connectivity index (χ0) is 13.1. The number of hydrogen-bond acceptors (Lipinski definition) is 4. The normalized spacial score (nSPS) is 10.3. The molecule has 0 fully saturated rings. The number of rotatable bonds is 4. The second-order valence-corrected chi connectivity index (χ2v) is 4.04. The fourth-order valence-corrected chi connectivity index (χ4v) is 1.59. The molecule has 18 heavy (non-hydrogen) atoms. The van der Waals surface area contributed by atoms with Crippen LogP contribution in [0, 0.1) is 13.8 Å². The first-order valence-corrected chi connectivity index (χ1v) is 5.45. The van der Waals surface area contributed by atoms with Crippen LogP contribution in [0.2, 0.25) is 0 Å². The van der Waals surface area contributed by atoms with Crippen LogP contribution in [-0.2, 0) is 6.61 Å². The molecule has 0 amide bonds. The minimum absolute atomic E-state index is 0.116. The Morgan fingerprint density at radius 2 is 2.17 bits per heavy atom. The van der Waals surface area contributed by atoms with Crippen LogP contribution >= 0.6 is 0 Å². The van der Waals surface area contributed by atoms with E-state index in [1.807, 2.05) is 32.0 Å². The first-order valence-electron chi connectivity index (χ1n) is 5.45. The first kappa shape index (κ1) is 12.2. The van der Waals surface area contributed by atoms with Gasteiger partial charge in [0, 0.05) is 6.07 Å². The van der Waals surface area contributed by atoms with Crippen molar-refractivity contribution in [2.24, 2.45) is 0 Å². The van der Waals surface area contributed by atoms with Crippen molar-refractivity contribution >= 4 is 5.97 Å². The van der Waals surface area contributed by atoms with E-state index in [1.165, 1.54) is 6.07 Å². The second kappa shape index (κ2) is 4.91. The van der Waals surface area contributed by atoms with Gasteiger partial charge in [0.05, 0.1) is 0 Å². The molecule has 2 rings (SSSR count). The number of benzene rings is 1. The van der Waals surface area contributed by atoms with Crippen LogP contribution in [0.25, 0.3) is 0 Å². The van der Waals surface area contributed by atoms with E-state index in [2.05, 4.69) is 5.16 Å². The molecule has 1 aromatic heterocycles. The third kappa shape index (κ3) is 2.68. The van der Waals surface area contributed by atoms with Gasteiger partial charge in [-0.3, -0.25) is 0 Å². The molecule has 0 spiro atoms. The summed E-state index contributed by atoms with van der Waals surface area (Å²) in [7, 11) is 0. The molecule has 1 aromatic carbocycles. The van der Waals surface area contributed by atoms with E-state index < -0.39 is 5.97 Å². The molecule has 5 heteroatoms. The average molecular weight is 247 g/mol. The molecule has 2 aromatic rings. The maximum atomic E-state index is 10.6. The van der Waals surface area contributed by atoms with Gasteiger partial charge in [0.15, 0.2) is 11.5 Å². The molecule has 0 aliphatic heterocycles. The number of carboxylic acids is 1. The van der Waals surface area contributed by atoms with E-state index in [9.17, 15) is 4.79 Å². The van der Waals surface area contributed by atoms with E-state index in [4.69, 9.17) is 14.4 Å². The molecule has 0 atom stereocenters. The van der Waals surface area contributed by atoms with E-state index in [-0.39, 0.29) is 12.3 Å². The molecule has 5 nitrogen and oxygen atoms in total. The van der Waals surface area contributed by atoms with Gasteiger partial charge >= 0.3 is 5.97 Å². The van der Waals surface area contributed by atoms with E-state index in [0.717, 1.165) is 16.9 Å². The van der Waals surface area contributed by atoms with Crippen molar-refractivity contribution in [3.8, 4) is 5.75 Å². The Balaban J connectivity index is 2.04. The molecule has 0 saturated heterocycles. The molecular weight excluding hydrogens is 234 g/mol. The molecule has 0 unspecified atom stereocenters. The highest BCUT2D eigenvalue weighted by atomic mass is 16.5. The lowest BCUT2D eigenvalue weighted by atomic mass is 10.1. The summed E-state index contributed by atoms with van der Waals surface area (Å²) in [4.78, 5) is 10.6. The SMILES string of the molecule is Cc1ccc(OCc2cc(C(=O)O)no2)c(C)c1. The van der Waals surface area contributed by atoms with Crippen LogP contribution in [0.4, 0.5) is 0 Å². The molecule has 94 valence electrons. The van der Waals surface area contributed by atoms with Crippen LogP contribution in [0.5, 0.6) is 5.75 Å². The summed E-state index contributed by atoms with van der Waals surface area (Å²) in [5.41, 5.74) is 2.06. The van der Waals surface area contributed by atoms with Gasteiger partial charge in [-0.1, -0.05) is 22.9 Å². The van der Waals surface area contributed by atoms with Crippen molar-refractivity contribution in [2.75, 3.05) is 0 Å². The number of hydrogen-bond donors (Lipinski definition) is 1. The highest BCUT2D eigenvalue weighted by Crippen LogP contribution is 2.20. The van der Waals surface area contributed by atoms with E-state index in [0.29, 0.717) is 5.76 Å². The molecule has 0 aliphatic carbocycles. The van der Waals surface area contributed by atoms with Crippen molar-refractivity contribution in [3.63, 3.8) is 0 Å². The fourth-order valence-electron chi connectivity index (χ4n) is 1.59. The molecule has 0 radical (unpaired) electrons. The molecule has 1 heterocycles. The predicted molar refractivity (Wildman–Crippen MR) is 63.7 cm³/mol. The van der Waals surface area contributed by atoms with Crippen molar-refractivity contribution in [2.45, 2.75) is 20.5 Å². The average Bonchev–Trinajstić information content (AvgIpc) is 2.76. The molecule has 0 saturated carbocycles. The van der Waals surface area contributed by atoms with Crippen LogP contribution in [0.15, 0.2) is 28.8 Å². The number of nitrogens with zero attached hydrogens (tertiary/aromatic N) is 1. The number of ether oxygens (including phenoxy) is 1. The van der Waals surface area contributed by atoms with Crippen molar-refractivity contribution in [3.05, 3.63) is 46.8 Å².